The summed E-state index contributed by atoms with van der Waals surface area (Å²) in [4.78, 5) is 12.6. The Kier molecular flexibility index (Phi) is 5.03. The maximum atomic E-state index is 12.6. The van der Waals surface area contributed by atoms with Crippen LogP contribution in [0.4, 0.5) is 0 Å². The van der Waals surface area contributed by atoms with Gasteiger partial charge in [0, 0.05) is 5.41 Å². The number of hydrogen-bond donors (Lipinski definition) is 1. The van der Waals surface area contributed by atoms with Crippen molar-refractivity contribution in [1.82, 2.24) is 0 Å². The molecule has 4 saturated carbocycles. The van der Waals surface area contributed by atoms with Crippen LogP contribution in [0.25, 0.3) is 0 Å². The number of allylic oxidation sites excluding steroid dienone is 2. The summed E-state index contributed by atoms with van der Waals surface area (Å²) in [5.74, 6) is 3.01. The molecular formula is C30H48O2. The number of carbonyl (C=O) groups is 1. The standard InChI is InChI=1S/C30H48O2/c1-19-10-15-30(18-31)17-16-28(6)21(25(30)20(19)2)8-9-23-27(5)13-12-24(32)26(3,4)22(27)11-14-29(23,28)7/h8,18-20,22-25,32H,9-17H2,1-7H3/t19-,20+,22+,23+,24+,25+,27+,28-,29-,30-/m1/s1. The average Bonchev–Trinajstić information content (AvgIpc) is 2.74. The molecule has 0 unspecified atom stereocenters. The van der Waals surface area contributed by atoms with Gasteiger partial charge in [0.15, 0.2) is 0 Å². The Morgan fingerprint density at radius 3 is 2.31 bits per heavy atom. The molecule has 180 valence electrons. The Morgan fingerprint density at radius 1 is 0.906 bits per heavy atom. The molecule has 0 aromatic heterocycles. The Hall–Kier alpha value is -0.630. The van der Waals surface area contributed by atoms with Crippen molar-refractivity contribution in [1.29, 1.82) is 0 Å². The Bertz CT molecular complexity index is 827. The first-order valence-corrected chi connectivity index (χ1v) is 13.7. The molecule has 0 saturated heterocycles. The van der Waals surface area contributed by atoms with E-state index in [0.717, 1.165) is 25.7 Å². The first-order valence-electron chi connectivity index (χ1n) is 13.7. The molecular weight excluding hydrogens is 392 g/mol. The van der Waals surface area contributed by atoms with Gasteiger partial charge in [-0.1, -0.05) is 60.1 Å². The zero-order valence-corrected chi connectivity index (χ0v) is 21.8. The summed E-state index contributed by atoms with van der Waals surface area (Å²) in [6.45, 7) is 17.3. The highest BCUT2D eigenvalue weighted by atomic mass is 16.3. The Labute approximate surface area is 197 Å². The van der Waals surface area contributed by atoms with Gasteiger partial charge in [-0.2, -0.15) is 0 Å². The molecule has 0 bridgehead atoms. The van der Waals surface area contributed by atoms with Crippen LogP contribution in [0.1, 0.15) is 106 Å². The summed E-state index contributed by atoms with van der Waals surface area (Å²) in [7, 11) is 0. The number of rotatable bonds is 1. The van der Waals surface area contributed by atoms with E-state index in [2.05, 4.69) is 54.5 Å². The van der Waals surface area contributed by atoms with Gasteiger partial charge >= 0.3 is 0 Å². The third kappa shape index (κ3) is 2.60. The van der Waals surface area contributed by atoms with E-state index in [0.29, 0.717) is 35.0 Å². The Balaban J connectivity index is 1.60. The molecule has 32 heavy (non-hydrogen) atoms. The molecule has 0 aliphatic heterocycles. The van der Waals surface area contributed by atoms with Gasteiger partial charge in [-0.25, -0.2) is 0 Å². The second-order valence-electron chi connectivity index (χ2n) is 14.4. The molecule has 5 rings (SSSR count). The van der Waals surface area contributed by atoms with Crippen LogP contribution in [0.2, 0.25) is 0 Å². The molecule has 5 aliphatic rings. The van der Waals surface area contributed by atoms with Gasteiger partial charge in [0.2, 0.25) is 0 Å². The van der Waals surface area contributed by atoms with E-state index in [4.69, 9.17) is 0 Å². The number of carbonyl (C=O) groups excluding carboxylic acids is 1. The van der Waals surface area contributed by atoms with Crippen LogP contribution in [-0.4, -0.2) is 17.5 Å². The van der Waals surface area contributed by atoms with Crippen LogP contribution in [-0.2, 0) is 4.79 Å². The second kappa shape index (κ2) is 6.96. The topological polar surface area (TPSA) is 37.3 Å². The van der Waals surface area contributed by atoms with Crippen LogP contribution in [0.15, 0.2) is 11.6 Å². The van der Waals surface area contributed by atoms with Gasteiger partial charge in [-0.05, 0) is 109 Å². The van der Waals surface area contributed by atoms with Crippen molar-refractivity contribution < 1.29 is 9.90 Å². The zero-order chi connectivity index (χ0) is 23.3. The number of aldehydes is 1. The molecule has 0 amide bonds. The van der Waals surface area contributed by atoms with E-state index < -0.39 is 0 Å². The monoisotopic (exact) mass is 440 g/mol. The third-order valence-corrected chi connectivity index (χ3v) is 13.3. The van der Waals surface area contributed by atoms with Crippen molar-refractivity contribution >= 4 is 6.29 Å². The van der Waals surface area contributed by atoms with Gasteiger partial charge in [0.1, 0.15) is 6.29 Å². The minimum absolute atomic E-state index is 0.00573. The second-order valence-corrected chi connectivity index (χ2v) is 14.4. The number of hydrogen-bond acceptors (Lipinski definition) is 2. The third-order valence-electron chi connectivity index (χ3n) is 13.3. The van der Waals surface area contributed by atoms with Gasteiger partial charge in [-0.3, -0.25) is 0 Å². The summed E-state index contributed by atoms with van der Waals surface area (Å²) in [5, 5.41) is 10.9. The minimum Gasteiger partial charge on any atom is -0.393 e. The van der Waals surface area contributed by atoms with E-state index >= 15 is 0 Å². The molecule has 0 heterocycles. The smallest absolute Gasteiger partial charge is 0.126 e. The number of aliphatic hydroxyl groups excluding tert-OH is 1. The van der Waals surface area contributed by atoms with Crippen LogP contribution >= 0.6 is 0 Å². The summed E-state index contributed by atoms with van der Waals surface area (Å²) in [5.41, 5.74) is 2.35. The lowest BCUT2D eigenvalue weighted by atomic mass is 9.33. The minimum atomic E-state index is -0.164. The predicted octanol–water partition coefficient (Wildman–Crippen LogP) is 7.20. The first kappa shape index (κ1) is 23.1. The molecule has 2 nitrogen and oxygen atoms in total. The highest BCUT2D eigenvalue weighted by Crippen LogP contribution is 2.75. The van der Waals surface area contributed by atoms with Crippen LogP contribution in [0.5, 0.6) is 0 Å². The van der Waals surface area contributed by atoms with Crippen molar-refractivity contribution in [2.24, 2.45) is 56.7 Å². The lowest BCUT2D eigenvalue weighted by molar-refractivity contribution is -0.203. The van der Waals surface area contributed by atoms with E-state index in [-0.39, 0.29) is 27.8 Å². The average molecular weight is 441 g/mol. The van der Waals surface area contributed by atoms with E-state index in [1.807, 2.05) is 0 Å². The van der Waals surface area contributed by atoms with Gasteiger partial charge in [0.05, 0.1) is 6.10 Å². The van der Waals surface area contributed by atoms with Crippen molar-refractivity contribution in [3.05, 3.63) is 11.6 Å². The van der Waals surface area contributed by atoms with Crippen LogP contribution in [0, 0.1) is 56.7 Å². The molecule has 0 aromatic carbocycles. The molecule has 0 radical (unpaired) electrons. The van der Waals surface area contributed by atoms with Crippen molar-refractivity contribution in [3.63, 3.8) is 0 Å². The van der Waals surface area contributed by atoms with Crippen molar-refractivity contribution in [3.8, 4) is 0 Å². The van der Waals surface area contributed by atoms with E-state index in [1.165, 1.54) is 38.4 Å². The summed E-state index contributed by atoms with van der Waals surface area (Å²) in [6, 6.07) is 0. The summed E-state index contributed by atoms with van der Waals surface area (Å²) >= 11 is 0. The zero-order valence-electron chi connectivity index (χ0n) is 21.8. The van der Waals surface area contributed by atoms with E-state index in [1.54, 1.807) is 5.57 Å². The fourth-order valence-electron chi connectivity index (χ4n) is 10.7. The van der Waals surface area contributed by atoms with Gasteiger partial charge < -0.3 is 9.90 Å². The molecule has 2 heteroatoms. The molecule has 10 atom stereocenters. The molecule has 5 aliphatic carbocycles. The normalized spacial score (nSPS) is 56.7. The highest BCUT2D eigenvalue weighted by molar-refractivity contribution is 5.63. The molecule has 0 aromatic rings. The lowest BCUT2D eigenvalue weighted by Crippen LogP contribution is -2.65. The maximum absolute atomic E-state index is 12.6. The summed E-state index contributed by atoms with van der Waals surface area (Å²) in [6.07, 6.45) is 14.2. The summed E-state index contributed by atoms with van der Waals surface area (Å²) < 4.78 is 0. The number of aliphatic hydroxyl groups is 1. The largest absolute Gasteiger partial charge is 0.393 e. The molecule has 0 spiro atoms. The van der Waals surface area contributed by atoms with Gasteiger partial charge in [0.25, 0.3) is 0 Å². The highest BCUT2D eigenvalue weighted by Gasteiger charge is 2.68. The Morgan fingerprint density at radius 2 is 1.62 bits per heavy atom. The van der Waals surface area contributed by atoms with Gasteiger partial charge in [-0.15, -0.1) is 0 Å². The van der Waals surface area contributed by atoms with Crippen LogP contribution < -0.4 is 0 Å². The lowest BCUT2D eigenvalue weighted by Gasteiger charge is -2.71. The molecule has 1 N–H and O–H groups in total. The maximum Gasteiger partial charge on any atom is 0.126 e. The quantitative estimate of drug-likeness (QED) is 0.346. The van der Waals surface area contributed by atoms with Crippen molar-refractivity contribution in [2.45, 2.75) is 112 Å². The molecule has 4 fully saturated rings. The predicted molar refractivity (Wildman–Crippen MR) is 131 cm³/mol. The fourth-order valence-corrected chi connectivity index (χ4v) is 10.7. The first-order chi connectivity index (χ1) is 14.9. The van der Waals surface area contributed by atoms with E-state index in [9.17, 15) is 9.90 Å². The van der Waals surface area contributed by atoms with Crippen LogP contribution in [0.3, 0.4) is 0 Å². The fraction of sp³-hybridized carbons (Fsp3) is 0.900. The van der Waals surface area contributed by atoms with Crippen molar-refractivity contribution in [2.75, 3.05) is 0 Å². The number of fused-ring (bicyclic) bond motifs is 7. The SMILES string of the molecule is C[C@H]1[C@H](C)CC[C@]2(C=O)CC[C@]3(C)C(=CC[C@H]4[C@@]5(C)CC[C@H](O)C(C)(C)[C@@H]5CC[C@]43C)[C@H]12.